The van der Waals surface area contributed by atoms with Crippen LogP contribution in [0.2, 0.25) is 0 Å². The van der Waals surface area contributed by atoms with E-state index in [0.29, 0.717) is 26.2 Å². The fourth-order valence-corrected chi connectivity index (χ4v) is 2.08. The molecular formula is C14H20BrNO3. The van der Waals surface area contributed by atoms with Crippen LogP contribution in [-0.2, 0) is 20.7 Å². The molecule has 0 radical (unpaired) electrons. The van der Waals surface area contributed by atoms with Crippen molar-refractivity contribution in [3.8, 4) is 0 Å². The van der Waals surface area contributed by atoms with Gasteiger partial charge in [-0.3, -0.25) is 4.79 Å². The lowest BCUT2D eigenvalue weighted by Crippen LogP contribution is -2.36. The van der Waals surface area contributed by atoms with Crippen LogP contribution in [0.5, 0.6) is 0 Å². The Balaban J connectivity index is 2.38. The van der Waals surface area contributed by atoms with Gasteiger partial charge in [0.2, 0.25) is 5.91 Å². The summed E-state index contributed by atoms with van der Waals surface area (Å²) >= 11 is 3.38. The number of halogens is 1. The van der Waals surface area contributed by atoms with E-state index in [1.165, 1.54) is 0 Å². The minimum atomic E-state index is -0.374. The normalized spacial score (nSPS) is 10.7. The molecule has 0 aliphatic rings. The van der Waals surface area contributed by atoms with Crippen LogP contribution in [0, 0.1) is 0 Å². The van der Waals surface area contributed by atoms with Gasteiger partial charge < -0.3 is 14.8 Å². The van der Waals surface area contributed by atoms with Gasteiger partial charge >= 0.3 is 0 Å². The van der Waals surface area contributed by atoms with E-state index in [2.05, 4.69) is 21.2 Å². The Labute approximate surface area is 122 Å². The first kappa shape index (κ1) is 16.1. The molecule has 0 bridgehead atoms. The minimum Gasteiger partial charge on any atom is -0.351 e. The molecule has 0 spiro atoms. The van der Waals surface area contributed by atoms with Gasteiger partial charge in [-0.15, -0.1) is 0 Å². The number of hydrogen-bond acceptors (Lipinski definition) is 3. The topological polar surface area (TPSA) is 47.6 Å². The lowest BCUT2D eigenvalue weighted by molar-refractivity contribution is -0.140. The maximum Gasteiger partial charge on any atom is 0.224 e. The van der Waals surface area contributed by atoms with Crippen molar-refractivity contribution in [2.75, 3.05) is 19.8 Å². The first-order valence-corrected chi connectivity index (χ1v) is 7.19. The molecule has 0 aromatic heterocycles. The van der Waals surface area contributed by atoms with Crippen LogP contribution in [0.3, 0.4) is 0 Å². The van der Waals surface area contributed by atoms with E-state index >= 15 is 0 Å². The number of carbonyl (C=O) groups is 1. The van der Waals surface area contributed by atoms with E-state index in [9.17, 15) is 4.79 Å². The highest BCUT2D eigenvalue weighted by Crippen LogP contribution is 2.11. The van der Waals surface area contributed by atoms with Crippen LogP contribution in [0.1, 0.15) is 19.4 Å². The van der Waals surface area contributed by atoms with Gasteiger partial charge in [0, 0.05) is 17.7 Å². The Hall–Kier alpha value is -0.910. The van der Waals surface area contributed by atoms with Crippen LogP contribution in [0.15, 0.2) is 28.7 Å². The van der Waals surface area contributed by atoms with Gasteiger partial charge in [0.15, 0.2) is 6.29 Å². The second-order valence-electron chi connectivity index (χ2n) is 3.95. The van der Waals surface area contributed by atoms with Gasteiger partial charge in [-0.25, -0.2) is 0 Å². The number of benzene rings is 1. The van der Waals surface area contributed by atoms with E-state index in [0.717, 1.165) is 10.0 Å². The van der Waals surface area contributed by atoms with Crippen LogP contribution in [-0.4, -0.2) is 32.0 Å². The fourth-order valence-electron chi connectivity index (χ4n) is 1.63. The van der Waals surface area contributed by atoms with Gasteiger partial charge in [0.25, 0.3) is 0 Å². The Morgan fingerprint density at radius 3 is 2.58 bits per heavy atom. The third-order valence-corrected chi connectivity index (χ3v) is 2.92. The smallest absolute Gasteiger partial charge is 0.224 e. The summed E-state index contributed by atoms with van der Waals surface area (Å²) in [7, 11) is 0. The summed E-state index contributed by atoms with van der Waals surface area (Å²) in [5.74, 6) is -0.0393. The van der Waals surface area contributed by atoms with E-state index in [1.807, 2.05) is 38.1 Å². The maximum atomic E-state index is 11.8. The van der Waals surface area contributed by atoms with Crippen molar-refractivity contribution < 1.29 is 14.3 Å². The standard InChI is InChI=1S/C14H20BrNO3/c1-3-18-14(19-4-2)10-16-13(17)9-11-6-5-7-12(15)8-11/h5-8,14H,3-4,9-10H2,1-2H3,(H,16,17). The molecule has 4 nitrogen and oxygen atoms in total. The van der Waals surface area contributed by atoms with Crippen LogP contribution < -0.4 is 5.32 Å². The van der Waals surface area contributed by atoms with Gasteiger partial charge in [-0.2, -0.15) is 0 Å². The van der Waals surface area contributed by atoms with Crippen LogP contribution in [0.25, 0.3) is 0 Å². The molecule has 0 aliphatic heterocycles. The van der Waals surface area contributed by atoms with Gasteiger partial charge in [0.1, 0.15) is 0 Å². The van der Waals surface area contributed by atoms with Gasteiger partial charge in [-0.05, 0) is 31.5 Å². The zero-order valence-electron chi connectivity index (χ0n) is 11.3. The SMILES string of the molecule is CCOC(CNC(=O)Cc1cccc(Br)c1)OCC. The molecule has 106 valence electrons. The first-order chi connectivity index (χ1) is 9.15. The van der Waals surface area contributed by atoms with Crippen molar-refractivity contribution in [3.05, 3.63) is 34.3 Å². The summed E-state index contributed by atoms with van der Waals surface area (Å²) in [4.78, 5) is 11.8. The highest BCUT2D eigenvalue weighted by molar-refractivity contribution is 9.10. The number of amides is 1. The van der Waals surface area contributed by atoms with Crippen molar-refractivity contribution >= 4 is 21.8 Å². The fraction of sp³-hybridized carbons (Fsp3) is 0.500. The van der Waals surface area contributed by atoms with E-state index < -0.39 is 0 Å². The molecule has 1 aromatic carbocycles. The second kappa shape index (κ2) is 9.07. The summed E-state index contributed by atoms with van der Waals surface area (Å²) in [6.07, 6.45) is -0.0221. The highest BCUT2D eigenvalue weighted by Gasteiger charge is 2.10. The zero-order valence-corrected chi connectivity index (χ0v) is 12.9. The van der Waals surface area contributed by atoms with E-state index in [-0.39, 0.29) is 12.2 Å². The molecule has 5 heteroatoms. The predicted molar refractivity (Wildman–Crippen MR) is 77.9 cm³/mol. The van der Waals surface area contributed by atoms with Gasteiger partial charge in [0.05, 0.1) is 13.0 Å². The molecule has 1 N–H and O–H groups in total. The van der Waals surface area contributed by atoms with E-state index in [4.69, 9.17) is 9.47 Å². The Morgan fingerprint density at radius 2 is 2.00 bits per heavy atom. The molecule has 0 atom stereocenters. The molecule has 0 saturated heterocycles. The van der Waals surface area contributed by atoms with Crippen molar-refractivity contribution in [3.63, 3.8) is 0 Å². The molecule has 1 amide bonds. The van der Waals surface area contributed by atoms with Crippen molar-refractivity contribution in [2.24, 2.45) is 0 Å². The Bertz CT molecular complexity index is 392. The van der Waals surface area contributed by atoms with Crippen molar-refractivity contribution in [1.82, 2.24) is 5.32 Å². The average molecular weight is 330 g/mol. The molecule has 0 aliphatic carbocycles. The van der Waals surface area contributed by atoms with Crippen LogP contribution in [0.4, 0.5) is 0 Å². The summed E-state index contributed by atoms with van der Waals surface area (Å²) in [5, 5.41) is 2.82. The summed E-state index contributed by atoms with van der Waals surface area (Å²) in [6, 6.07) is 7.70. The monoisotopic (exact) mass is 329 g/mol. The van der Waals surface area contributed by atoms with Gasteiger partial charge in [-0.1, -0.05) is 28.1 Å². The Morgan fingerprint density at radius 1 is 1.32 bits per heavy atom. The quantitative estimate of drug-likeness (QED) is 0.745. The molecule has 0 saturated carbocycles. The molecule has 0 heterocycles. The summed E-state index contributed by atoms with van der Waals surface area (Å²) < 4.78 is 11.7. The zero-order chi connectivity index (χ0) is 14.1. The average Bonchev–Trinajstić information content (AvgIpc) is 2.36. The number of carbonyl (C=O) groups excluding carboxylic acids is 1. The van der Waals surface area contributed by atoms with Crippen molar-refractivity contribution in [2.45, 2.75) is 26.6 Å². The maximum absolute atomic E-state index is 11.8. The molecule has 0 unspecified atom stereocenters. The summed E-state index contributed by atoms with van der Waals surface area (Å²) in [6.45, 7) is 5.29. The molecule has 0 fully saturated rings. The third-order valence-electron chi connectivity index (χ3n) is 2.42. The molecule has 1 rings (SSSR count). The second-order valence-corrected chi connectivity index (χ2v) is 4.87. The lowest BCUT2D eigenvalue weighted by Gasteiger charge is -2.17. The minimum absolute atomic E-state index is 0.0393. The highest BCUT2D eigenvalue weighted by atomic mass is 79.9. The largest absolute Gasteiger partial charge is 0.351 e. The number of ether oxygens (including phenoxy) is 2. The molecule has 19 heavy (non-hydrogen) atoms. The lowest BCUT2D eigenvalue weighted by atomic mass is 10.1. The van der Waals surface area contributed by atoms with E-state index in [1.54, 1.807) is 0 Å². The predicted octanol–water partition coefficient (Wildman–Crippen LogP) is 2.51. The van der Waals surface area contributed by atoms with Crippen LogP contribution >= 0.6 is 15.9 Å². The third kappa shape index (κ3) is 6.71. The number of nitrogens with one attached hydrogen (secondary N) is 1. The first-order valence-electron chi connectivity index (χ1n) is 6.40. The number of rotatable bonds is 8. The molecular weight excluding hydrogens is 310 g/mol. The molecule has 1 aromatic rings. The summed E-state index contributed by atoms with van der Waals surface area (Å²) in [5.41, 5.74) is 0.969. The van der Waals surface area contributed by atoms with Crippen molar-refractivity contribution in [1.29, 1.82) is 0 Å². The Kier molecular flexibility index (Phi) is 7.70. The number of hydrogen-bond donors (Lipinski definition) is 1.